The Kier molecular flexibility index (Phi) is 22.5. The first-order chi connectivity index (χ1) is 48.0. The molecule has 0 unspecified atom stereocenters. The van der Waals surface area contributed by atoms with Crippen molar-refractivity contribution < 1.29 is 0 Å². The highest BCUT2D eigenvalue weighted by molar-refractivity contribution is 6.40. The predicted molar refractivity (Wildman–Crippen MR) is 429 cm³/mol. The Morgan fingerprint density at radius 1 is 0.347 bits per heavy atom. The van der Waals surface area contributed by atoms with E-state index in [0.717, 1.165) is 99.7 Å². The summed E-state index contributed by atoms with van der Waals surface area (Å²) in [5, 5.41) is 14.2. The molecule has 0 spiro atoms. The summed E-state index contributed by atoms with van der Waals surface area (Å²) in [6.45, 7) is 39.1. The van der Waals surface area contributed by atoms with Gasteiger partial charge < -0.3 is 10.2 Å². The number of hydrogen-bond acceptors (Lipinski definition) is 2. The molecule has 0 atom stereocenters. The lowest BCUT2D eigenvalue weighted by Gasteiger charge is -2.39. The maximum Gasteiger partial charge on any atom is 0.0525 e. The van der Waals surface area contributed by atoms with Crippen LogP contribution in [0.2, 0.25) is 0 Å². The molecule has 11 aromatic carbocycles. The number of aryl methyl sites for hydroxylation is 4. The van der Waals surface area contributed by atoms with Gasteiger partial charge in [0.2, 0.25) is 0 Å². The molecule has 2 heteroatoms. The summed E-state index contributed by atoms with van der Waals surface area (Å²) < 4.78 is 0. The number of benzene rings is 11. The minimum Gasteiger partial charge on any atom is -0.362 e. The molecule has 98 heavy (non-hydrogen) atoms. The number of hydrogen-bond donors (Lipinski definition) is 1. The minimum absolute atomic E-state index is 0.646. The fourth-order valence-corrected chi connectivity index (χ4v) is 17.2. The van der Waals surface area contributed by atoms with Crippen molar-refractivity contribution in [2.24, 2.45) is 23.7 Å². The van der Waals surface area contributed by atoms with Crippen LogP contribution in [0.3, 0.4) is 0 Å². The molecule has 1 heterocycles. The first-order valence-corrected chi connectivity index (χ1v) is 37.9. The van der Waals surface area contributed by atoms with Crippen LogP contribution >= 0.6 is 0 Å². The summed E-state index contributed by atoms with van der Waals surface area (Å²) in [6.07, 6.45) is 22.9. The fraction of sp³-hybridized carbons (Fsp3) is 0.333. The normalized spacial score (nSPS) is 12.6. The van der Waals surface area contributed by atoms with Gasteiger partial charge in [-0.05, 0) is 241 Å². The number of para-hydroxylation sites is 1. The topological polar surface area (TPSA) is 15.3 Å². The summed E-state index contributed by atoms with van der Waals surface area (Å²) in [5.41, 5.74) is 26.5. The zero-order valence-electron chi connectivity index (χ0n) is 60.6. The van der Waals surface area contributed by atoms with Gasteiger partial charge in [-0.2, -0.15) is 0 Å². The number of rotatable bonds is 33. The smallest absolute Gasteiger partial charge is 0.0525 e. The lowest BCUT2D eigenvalue weighted by Crippen LogP contribution is -2.26. The monoisotopic (exact) mass is 1290 g/mol. The van der Waals surface area contributed by atoms with E-state index in [4.69, 9.17) is 19.7 Å². The molecule has 502 valence electrons. The van der Waals surface area contributed by atoms with Gasteiger partial charge in [0.15, 0.2) is 0 Å². The van der Waals surface area contributed by atoms with Crippen molar-refractivity contribution in [3.8, 4) is 11.1 Å². The van der Waals surface area contributed by atoms with Gasteiger partial charge >= 0.3 is 0 Å². The second-order valence-electron chi connectivity index (χ2n) is 28.8. The van der Waals surface area contributed by atoms with E-state index in [1.54, 1.807) is 0 Å². The molecule has 1 N–H and O–H groups in total. The number of fused-ring (bicyclic) bond motifs is 2. The molecule has 0 radical (unpaired) electrons. The first kappa shape index (κ1) is 69.2. The highest BCUT2D eigenvalue weighted by Gasteiger charge is 2.36. The Morgan fingerprint density at radius 2 is 0.653 bits per heavy atom. The van der Waals surface area contributed by atoms with Gasteiger partial charge in [-0.3, -0.25) is 0 Å². The molecule has 0 saturated carbocycles. The maximum atomic E-state index is 5.38. The molecule has 0 amide bonds. The average molecular weight is 1290 g/mol. The SMILES string of the molecule is C=CNC(=C)c1cc(Cc2ccccc2)c2c3c(Cc4ccccc4)cc4c5c(cc(Cc6ccccc6)c(c6c(Cc7ccccc7)cc(-c7c(CCC(CC)CC)cccc7CCC(CC)CC)c1c26)c53)C(=C)N(c1c(CCC(CC)CC)cccc1CCC(CC)CC)C4=C. The molecule has 1 aliphatic heterocycles. The second kappa shape index (κ2) is 31.9. The van der Waals surface area contributed by atoms with E-state index >= 15 is 0 Å². The van der Waals surface area contributed by atoms with Gasteiger partial charge in [-0.15, -0.1) is 0 Å². The summed E-state index contributed by atoms with van der Waals surface area (Å²) in [5.74, 6) is 2.61. The highest BCUT2D eigenvalue weighted by Crippen LogP contribution is 2.57. The van der Waals surface area contributed by atoms with E-state index in [-0.39, 0.29) is 0 Å². The molecule has 1 aliphatic rings. The zero-order valence-corrected chi connectivity index (χ0v) is 60.6. The van der Waals surface area contributed by atoms with Crippen molar-refractivity contribution in [3.05, 3.63) is 298 Å². The lowest BCUT2D eigenvalue weighted by molar-refractivity contribution is 0.454. The van der Waals surface area contributed by atoms with Crippen molar-refractivity contribution in [1.29, 1.82) is 0 Å². The molecule has 0 aliphatic carbocycles. The van der Waals surface area contributed by atoms with Crippen molar-refractivity contribution in [3.63, 3.8) is 0 Å². The Hall–Kier alpha value is -8.72. The van der Waals surface area contributed by atoms with Crippen molar-refractivity contribution in [1.82, 2.24) is 5.32 Å². The van der Waals surface area contributed by atoms with E-state index < -0.39 is 0 Å². The van der Waals surface area contributed by atoms with Gasteiger partial charge in [0.05, 0.1) is 5.69 Å². The first-order valence-electron chi connectivity index (χ1n) is 37.9. The molecular weight excluding hydrogens is 1180 g/mol. The van der Waals surface area contributed by atoms with Crippen LogP contribution in [-0.4, -0.2) is 0 Å². The molecule has 0 fully saturated rings. The molecular formula is C96H108N2. The van der Waals surface area contributed by atoms with Crippen LogP contribution in [0.25, 0.3) is 71.3 Å². The molecule has 0 aromatic heterocycles. The fourth-order valence-electron chi connectivity index (χ4n) is 17.2. The highest BCUT2D eigenvalue weighted by atomic mass is 15.2. The van der Waals surface area contributed by atoms with Crippen LogP contribution in [0, 0.1) is 23.7 Å². The quantitative estimate of drug-likeness (QED) is 0.0326. The maximum absolute atomic E-state index is 5.38. The third-order valence-corrected chi connectivity index (χ3v) is 23.2. The third-order valence-electron chi connectivity index (χ3n) is 23.2. The van der Waals surface area contributed by atoms with Gasteiger partial charge in [0, 0.05) is 44.6 Å². The average Bonchev–Trinajstić information content (AvgIpc) is 0.674. The van der Waals surface area contributed by atoms with Gasteiger partial charge in [0.25, 0.3) is 0 Å². The summed E-state index contributed by atoms with van der Waals surface area (Å²) in [4.78, 5) is 2.56. The van der Waals surface area contributed by atoms with Gasteiger partial charge in [-0.25, -0.2) is 0 Å². The summed E-state index contributed by atoms with van der Waals surface area (Å²) in [6, 6.07) is 70.3. The van der Waals surface area contributed by atoms with E-state index in [1.807, 2.05) is 6.20 Å². The second-order valence-corrected chi connectivity index (χ2v) is 28.8. The molecule has 11 aromatic rings. The third kappa shape index (κ3) is 14.2. The van der Waals surface area contributed by atoms with Crippen molar-refractivity contribution in [2.45, 2.75) is 184 Å². The number of nitrogens with one attached hydrogen (secondary N) is 1. The Bertz CT molecular complexity index is 4400. The van der Waals surface area contributed by atoms with Gasteiger partial charge in [0.1, 0.15) is 0 Å². The van der Waals surface area contributed by atoms with Crippen LogP contribution < -0.4 is 10.2 Å². The molecule has 0 bridgehead atoms. The van der Waals surface area contributed by atoms with E-state index in [9.17, 15) is 0 Å². The Labute approximate surface area is 589 Å². The van der Waals surface area contributed by atoms with E-state index in [2.05, 4.69) is 254 Å². The standard InChI is InChI=1S/C96H108N2/c1-13-67(14-2)48-52-75-44-34-45-76(53-49-68(15-3)16-4)87(75)86-63-82(59-74-42-32-25-33-43-74)91-90-81(58-73-40-30-24-31-41-73)62-85-66(12)98(96-77(54-50-69(17-5)18-6)46-35-47-78(96)55-51-70(19-7)20-8)65(11)84-61-80(57-72-38-28-23-29-39-72)89(95(90)93(84)85)88-79(56-71-36-26-22-27-37-71)60-83(64(10)97-21-9)92(86)94(88)91/h21-47,60-63,67-70,97H,9-20,48-59H2,1-8H3. The largest absolute Gasteiger partial charge is 0.362 e. The Morgan fingerprint density at radius 3 is 0.990 bits per heavy atom. The van der Waals surface area contributed by atoms with Crippen LogP contribution in [0.15, 0.2) is 215 Å². The van der Waals surface area contributed by atoms with E-state index in [0.29, 0.717) is 23.7 Å². The van der Waals surface area contributed by atoms with Crippen LogP contribution in [0.1, 0.15) is 216 Å². The molecule has 12 rings (SSSR count). The van der Waals surface area contributed by atoms with Crippen molar-refractivity contribution in [2.75, 3.05) is 4.90 Å². The predicted octanol–water partition coefficient (Wildman–Crippen LogP) is 26.4. The Balaban J connectivity index is 1.31. The summed E-state index contributed by atoms with van der Waals surface area (Å²) in [7, 11) is 0. The lowest BCUT2D eigenvalue weighted by atomic mass is 9.73. The van der Waals surface area contributed by atoms with Gasteiger partial charge in [-0.1, -0.05) is 291 Å². The van der Waals surface area contributed by atoms with Crippen LogP contribution in [-0.2, 0) is 51.4 Å². The van der Waals surface area contributed by atoms with E-state index in [1.165, 1.54) is 189 Å². The van der Waals surface area contributed by atoms with Crippen LogP contribution in [0.5, 0.6) is 0 Å². The molecule has 2 nitrogen and oxygen atoms in total. The zero-order chi connectivity index (χ0) is 68.4. The van der Waals surface area contributed by atoms with Crippen molar-refractivity contribution >= 4 is 65.9 Å². The van der Waals surface area contributed by atoms with Crippen LogP contribution in [0.4, 0.5) is 5.69 Å². The summed E-state index contributed by atoms with van der Waals surface area (Å²) >= 11 is 0. The minimum atomic E-state index is 0.646. The number of anilines is 1. The number of nitrogens with zero attached hydrogens (tertiary/aromatic N) is 1. The molecule has 0 saturated heterocycles.